The monoisotopic (exact) mass is 355 g/mol. The number of aryl methyl sites for hydroxylation is 1. The van der Waals surface area contributed by atoms with Gasteiger partial charge in [-0.15, -0.1) is 0 Å². The second-order valence-electron chi connectivity index (χ2n) is 6.54. The van der Waals surface area contributed by atoms with Crippen molar-refractivity contribution in [1.29, 1.82) is 0 Å². The Balaban J connectivity index is 1.47. The van der Waals surface area contributed by atoms with Crippen LogP contribution in [0.2, 0.25) is 0 Å². The molecule has 0 saturated carbocycles. The third-order valence-electron chi connectivity index (χ3n) is 4.75. The van der Waals surface area contributed by atoms with Crippen molar-refractivity contribution in [3.8, 4) is 5.75 Å². The van der Waals surface area contributed by atoms with Gasteiger partial charge >= 0.3 is 5.97 Å². The third-order valence-corrected chi connectivity index (χ3v) is 4.75. The lowest BCUT2D eigenvalue weighted by Crippen LogP contribution is -2.33. The van der Waals surface area contributed by atoms with Crippen molar-refractivity contribution in [3.05, 3.63) is 41.3 Å². The maximum absolute atomic E-state index is 10.7. The van der Waals surface area contributed by atoms with E-state index in [9.17, 15) is 4.79 Å². The number of H-pyrrole nitrogens is 1. The number of carboxylic acids is 1. The van der Waals surface area contributed by atoms with Crippen molar-refractivity contribution in [2.24, 2.45) is 0 Å². The van der Waals surface area contributed by atoms with Crippen LogP contribution in [0.15, 0.2) is 24.3 Å². The summed E-state index contributed by atoms with van der Waals surface area (Å²) in [6, 6.07) is 7.92. The average molecular weight is 355 g/mol. The molecular formula is C18H21N5O3. The van der Waals surface area contributed by atoms with E-state index in [4.69, 9.17) is 9.84 Å². The van der Waals surface area contributed by atoms with Crippen LogP contribution in [0.5, 0.6) is 5.75 Å². The minimum Gasteiger partial charge on any atom is -0.497 e. The van der Waals surface area contributed by atoms with Crippen LogP contribution in [-0.2, 0) is 30.8 Å². The van der Waals surface area contributed by atoms with E-state index in [1.807, 2.05) is 28.9 Å². The van der Waals surface area contributed by atoms with Gasteiger partial charge in [0.2, 0.25) is 0 Å². The number of benzene rings is 1. The first-order chi connectivity index (χ1) is 12.6. The molecule has 8 heteroatoms. The Morgan fingerprint density at radius 3 is 3.04 bits per heavy atom. The van der Waals surface area contributed by atoms with Gasteiger partial charge < -0.3 is 9.84 Å². The number of methoxy groups -OCH3 is 1. The molecule has 0 spiro atoms. The second-order valence-corrected chi connectivity index (χ2v) is 6.54. The number of rotatable bonds is 6. The zero-order chi connectivity index (χ0) is 18.1. The second kappa shape index (κ2) is 6.80. The molecule has 0 aliphatic carbocycles. The lowest BCUT2D eigenvalue weighted by Gasteiger charge is -2.27. The van der Waals surface area contributed by atoms with Crippen molar-refractivity contribution < 1.29 is 14.6 Å². The summed E-state index contributed by atoms with van der Waals surface area (Å²) in [7, 11) is 1.65. The van der Waals surface area contributed by atoms with Crippen molar-refractivity contribution in [1.82, 2.24) is 24.9 Å². The van der Waals surface area contributed by atoms with Gasteiger partial charge in [0.15, 0.2) is 0 Å². The minimum absolute atomic E-state index is 0.115. The van der Waals surface area contributed by atoms with Crippen molar-refractivity contribution in [2.75, 3.05) is 13.7 Å². The number of ether oxygens (including phenoxy) is 1. The van der Waals surface area contributed by atoms with E-state index >= 15 is 0 Å². The number of aliphatic carboxylic acids is 1. The molecule has 2 N–H and O–H groups in total. The average Bonchev–Trinajstić information content (AvgIpc) is 3.23. The number of aromatic amines is 1. The molecule has 0 fully saturated rings. The van der Waals surface area contributed by atoms with Gasteiger partial charge in [-0.3, -0.25) is 19.5 Å². The highest BCUT2D eigenvalue weighted by molar-refractivity contribution is 5.82. The number of hydrogen-bond acceptors (Lipinski definition) is 5. The molecule has 3 aromatic rings. The van der Waals surface area contributed by atoms with Gasteiger partial charge in [-0.05, 0) is 18.2 Å². The fourth-order valence-electron chi connectivity index (χ4n) is 3.39. The normalized spacial score (nSPS) is 14.5. The molecule has 136 valence electrons. The van der Waals surface area contributed by atoms with E-state index in [2.05, 4.69) is 20.2 Å². The van der Waals surface area contributed by atoms with Gasteiger partial charge in [0.1, 0.15) is 5.75 Å². The predicted molar refractivity (Wildman–Crippen MR) is 94.9 cm³/mol. The molecule has 0 unspecified atom stereocenters. The SMILES string of the molecule is COc1ccc2c(CN3CCn4nc(CCC(=O)O)cc4C3)[nH]nc2c1. The van der Waals surface area contributed by atoms with Crippen LogP contribution in [0.4, 0.5) is 0 Å². The van der Waals surface area contributed by atoms with E-state index in [1.54, 1.807) is 7.11 Å². The van der Waals surface area contributed by atoms with Gasteiger partial charge in [0.05, 0.1) is 42.7 Å². The van der Waals surface area contributed by atoms with Gasteiger partial charge in [-0.25, -0.2) is 0 Å². The summed E-state index contributed by atoms with van der Waals surface area (Å²) in [5.74, 6) is 0.00617. The topological polar surface area (TPSA) is 96.3 Å². The molecule has 1 aromatic carbocycles. The van der Waals surface area contributed by atoms with Crippen molar-refractivity contribution in [2.45, 2.75) is 32.5 Å². The molecule has 1 aliphatic rings. The number of hydrogen-bond donors (Lipinski definition) is 2. The van der Waals surface area contributed by atoms with E-state index in [0.717, 1.165) is 59.9 Å². The Morgan fingerprint density at radius 1 is 1.35 bits per heavy atom. The number of carbonyl (C=O) groups is 1. The fraction of sp³-hybridized carbons (Fsp3) is 0.389. The Morgan fingerprint density at radius 2 is 2.23 bits per heavy atom. The number of aromatic nitrogens is 4. The summed E-state index contributed by atoms with van der Waals surface area (Å²) >= 11 is 0. The highest BCUT2D eigenvalue weighted by Crippen LogP contribution is 2.24. The standard InChI is InChI=1S/C18H21N5O3/c1-26-14-3-4-15-16(9-14)19-20-17(15)11-22-6-7-23-13(10-22)8-12(21-23)2-5-18(24)25/h3-4,8-9H,2,5-7,10-11H2,1H3,(H,19,20)(H,24,25). The lowest BCUT2D eigenvalue weighted by molar-refractivity contribution is -0.136. The molecule has 3 heterocycles. The van der Waals surface area contributed by atoms with Crippen LogP contribution in [-0.4, -0.2) is 49.6 Å². The van der Waals surface area contributed by atoms with Gasteiger partial charge in [0, 0.05) is 37.5 Å². The van der Waals surface area contributed by atoms with Gasteiger partial charge in [0.25, 0.3) is 0 Å². The highest BCUT2D eigenvalue weighted by Gasteiger charge is 2.20. The quantitative estimate of drug-likeness (QED) is 0.700. The van der Waals surface area contributed by atoms with Gasteiger partial charge in [-0.2, -0.15) is 10.2 Å². The first-order valence-corrected chi connectivity index (χ1v) is 8.63. The molecule has 4 rings (SSSR count). The molecule has 8 nitrogen and oxygen atoms in total. The molecule has 0 atom stereocenters. The third kappa shape index (κ3) is 3.28. The number of fused-ring (bicyclic) bond motifs is 2. The first-order valence-electron chi connectivity index (χ1n) is 8.63. The summed E-state index contributed by atoms with van der Waals surface area (Å²) in [6.07, 6.45) is 0.589. The lowest BCUT2D eigenvalue weighted by atomic mass is 10.1. The smallest absolute Gasteiger partial charge is 0.303 e. The summed E-state index contributed by atoms with van der Waals surface area (Å²) < 4.78 is 7.24. The van der Waals surface area contributed by atoms with Crippen molar-refractivity contribution in [3.63, 3.8) is 0 Å². The predicted octanol–water partition coefficient (Wildman–Crippen LogP) is 1.80. The van der Waals surface area contributed by atoms with Gasteiger partial charge in [-0.1, -0.05) is 0 Å². The molecule has 0 amide bonds. The van der Waals surface area contributed by atoms with E-state index in [1.165, 1.54) is 0 Å². The van der Waals surface area contributed by atoms with Crippen LogP contribution in [0.1, 0.15) is 23.5 Å². The Hall–Kier alpha value is -2.87. The summed E-state index contributed by atoms with van der Waals surface area (Å²) in [5, 5.41) is 22.0. The first kappa shape index (κ1) is 16.6. The Bertz CT molecular complexity index is 946. The highest BCUT2D eigenvalue weighted by atomic mass is 16.5. The van der Waals surface area contributed by atoms with Crippen LogP contribution >= 0.6 is 0 Å². The summed E-state index contributed by atoms with van der Waals surface area (Å²) in [5.41, 5.74) is 3.96. The number of carboxylic acid groups (broad SMARTS) is 1. The Kier molecular flexibility index (Phi) is 4.34. The number of nitrogens with zero attached hydrogens (tertiary/aromatic N) is 4. The summed E-state index contributed by atoms with van der Waals surface area (Å²) in [6.45, 7) is 3.27. The van der Waals surface area contributed by atoms with Crippen LogP contribution in [0.25, 0.3) is 10.9 Å². The Labute approximate surface area is 150 Å². The van der Waals surface area contributed by atoms with Crippen LogP contribution in [0, 0.1) is 0 Å². The fourth-order valence-corrected chi connectivity index (χ4v) is 3.39. The maximum Gasteiger partial charge on any atom is 0.303 e. The molecule has 2 aromatic heterocycles. The van der Waals surface area contributed by atoms with E-state index < -0.39 is 5.97 Å². The summed E-state index contributed by atoms with van der Waals surface area (Å²) in [4.78, 5) is 13.1. The molecule has 1 aliphatic heterocycles. The van der Waals surface area contributed by atoms with E-state index in [0.29, 0.717) is 6.42 Å². The van der Waals surface area contributed by atoms with Crippen LogP contribution < -0.4 is 4.74 Å². The molecule has 0 radical (unpaired) electrons. The molecule has 0 saturated heterocycles. The molecule has 0 bridgehead atoms. The zero-order valence-corrected chi connectivity index (χ0v) is 14.6. The zero-order valence-electron chi connectivity index (χ0n) is 14.6. The van der Waals surface area contributed by atoms with E-state index in [-0.39, 0.29) is 6.42 Å². The number of nitrogens with one attached hydrogen (secondary N) is 1. The van der Waals surface area contributed by atoms with Crippen LogP contribution in [0.3, 0.4) is 0 Å². The minimum atomic E-state index is -0.791. The molecule has 26 heavy (non-hydrogen) atoms. The largest absolute Gasteiger partial charge is 0.497 e. The molecular weight excluding hydrogens is 334 g/mol. The maximum atomic E-state index is 10.7. The van der Waals surface area contributed by atoms with Crippen molar-refractivity contribution >= 4 is 16.9 Å².